The molecular weight excluding hydrogens is 352 g/mol. The maximum atomic E-state index is 13.4. The fraction of sp³-hybridized carbons (Fsp3) is 0.500. The zero-order chi connectivity index (χ0) is 19.9. The molecule has 2 aliphatic rings. The Bertz CT molecular complexity index is 907. The molecule has 6 nitrogen and oxygen atoms in total. The highest BCUT2D eigenvalue weighted by molar-refractivity contribution is 5.97. The maximum absolute atomic E-state index is 13.4. The predicted molar refractivity (Wildman–Crippen MR) is 109 cm³/mol. The number of methoxy groups -OCH3 is 1. The zero-order valence-corrected chi connectivity index (χ0v) is 17.2. The van der Waals surface area contributed by atoms with E-state index < -0.39 is 0 Å². The number of fused-ring (bicyclic) bond motifs is 2. The van der Waals surface area contributed by atoms with Gasteiger partial charge in [-0.2, -0.15) is 0 Å². The number of rotatable bonds is 3. The number of nitrogens with zero attached hydrogens (tertiary/aromatic N) is 4. The van der Waals surface area contributed by atoms with Crippen molar-refractivity contribution >= 4 is 11.9 Å². The molecule has 4 rings (SSSR count). The van der Waals surface area contributed by atoms with E-state index in [0.717, 1.165) is 49.4 Å². The molecule has 1 unspecified atom stereocenters. The lowest BCUT2D eigenvalue weighted by Crippen LogP contribution is -2.48. The van der Waals surface area contributed by atoms with Crippen LogP contribution in [0.5, 0.6) is 5.75 Å². The SMILES string of the molecule is COc1ccc(C)cc1C(=O)N1CCCC2(CCc3cnc(N(C)C)nc32)C1. The van der Waals surface area contributed by atoms with E-state index in [1.807, 2.05) is 55.2 Å². The summed E-state index contributed by atoms with van der Waals surface area (Å²) >= 11 is 0. The molecule has 1 aliphatic heterocycles. The number of aryl methyl sites for hydroxylation is 2. The van der Waals surface area contributed by atoms with Crippen molar-refractivity contribution in [3.05, 3.63) is 46.8 Å². The van der Waals surface area contributed by atoms with Gasteiger partial charge in [-0.25, -0.2) is 9.97 Å². The Labute approximate surface area is 166 Å². The van der Waals surface area contributed by atoms with Crippen LogP contribution < -0.4 is 9.64 Å². The monoisotopic (exact) mass is 380 g/mol. The molecular formula is C22H28N4O2. The summed E-state index contributed by atoms with van der Waals surface area (Å²) in [6.07, 6.45) is 6.04. The molecule has 28 heavy (non-hydrogen) atoms. The third-order valence-corrected chi connectivity index (χ3v) is 6.08. The minimum absolute atomic E-state index is 0.0509. The number of hydrogen-bond acceptors (Lipinski definition) is 5. The Morgan fingerprint density at radius 3 is 2.86 bits per heavy atom. The van der Waals surface area contributed by atoms with Gasteiger partial charge in [-0.1, -0.05) is 11.6 Å². The highest BCUT2D eigenvalue weighted by Crippen LogP contribution is 2.44. The topological polar surface area (TPSA) is 58.6 Å². The second-order valence-corrected chi connectivity index (χ2v) is 8.25. The van der Waals surface area contributed by atoms with Crippen LogP contribution in [0.4, 0.5) is 5.95 Å². The average molecular weight is 380 g/mol. The largest absolute Gasteiger partial charge is 0.496 e. The summed E-state index contributed by atoms with van der Waals surface area (Å²) in [6.45, 7) is 3.49. The van der Waals surface area contributed by atoms with Crippen molar-refractivity contribution in [2.75, 3.05) is 39.2 Å². The van der Waals surface area contributed by atoms with Gasteiger partial charge in [0.05, 0.1) is 18.4 Å². The molecule has 6 heteroatoms. The first-order valence-corrected chi connectivity index (χ1v) is 9.91. The van der Waals surface area contributed by atoms with Crippen molar-refractivity contribution in [1.29, 1.82) is 0 Å². The fourth-order valence-electron chi connectivity index (χ4n) is 4.61. The van der Waals surface area contributed by atoms with Crippen LogP contribution in [-0.2, 0) is 11.8 Å². The van der Waals surface area contributed by atoms with Crippen LogP contribution in [0, 0.1) is 6.92 Å². The van der Waals surface area contributed by atoms with E-state index >= 15 is 0 Å². The van der Waals surface area contributed by atoms with E-state index in [-0.39, 0.29) is 11.3 Å². The smallest absolute Gasteiger partial charge is 0.257 e. The summed E-state index contributed by atoms with van der Waals surface area (Å²) in [5, 5.41) is 0. The summed E-state index contributed by atoms with van der Waals surface area (Å²) in [7, 11) is 5.54. The number of aromatic nitrogens is 2. The van der Waals surface area contributed by atoms with Crippen LogP contribution in [0.25, 0.3) is 0 Å². The molecule has 0 N–H and O–H groups in total. The molecule has 2 heterocycles. The Morgan fingerprint density at radius 1 is 1.29 bits per heavy atom. The van der Waals surface area contributed by atoms with Crippen LogP contribution in [0.15, 0.2) is 24.4 Å². The minimum atomic E-state index is -0.0615. The molecule has 1 saturated heterocycles. The van der Waals surface area contributed by atoms with Crippen LogP contribution in [-0.4, -0.2) is 55.1 Å². The number of benzene rings is 1. The van der Waals surface area contributed by atoms with E-state index in [9.17, 15) is 4.79 Å². The minimum Gasteiger partial charge on any atom is -0.496 e. The van der Waals surface area contributed by atoms with Crippen LogP contribution in [0.2, 0.25) is 0 Å². The lowest BCUT2D eigenvalue weighted by Gasteiger charge is -2.40. The highest BCUT2D eigenvalue weighted by Gasteiger charge is 2.45. The molecule has 1 aromatic heterocycles. The van der Waals surface area contributed by atoms with Crippen molar-refractivity contribution in [2.45, 2.75) is 38.0 Å². The number of carbonyl (C=O) groups is 1. The van der Waals surface area contributed by atoms with E-state index in [0.29, 0.717) is 17.9 Å². The third kappa shape index (κ3) is 3.11. The molecule has 148 valence electrons. The van der Waals surface area contributed by atoms with E-state index in [1.165, 1.54) is 5.56 Å². The van der Waals surface area contributed by atoms with Gasteiger partial charge >= 0.3 is 0 Å². The standard InChI is InChI=1S/C22H28N4O2/c1-15-6-7-18(28-4)17(12-15)20(27)26-11-5-9-22(14-26)10-8-16-13-23-21(25(2)3)24-19(16)22/h6-7,12-13H,5,8-11,14H2,1-4H3. The van der Waals surface area contributed by atoms with Gasteiger partial charge in [-0.15, -0.1) is 0 Å². The quantitative estimate of drug-likeness (QED) is 0.819. The summed E-state index contributed by atoms with van der Waals surface area (Å²) in [5.74, 6) is 1.43. The van der Waals surface area contributed by atoms with Crippen LogP contribution in [0.1, 0.15) is 46.4 Å². The number of hydrogen-bond donors (Lipinski definition) is 0. The summed E-state index contributed by atoms with van der Waals surface area (Å²) in [5.41, 5.74) is 4.02. The number of carbonyl (C=O) groups excluding carboxylic acids is 1. The Morgan fingerprint density at radius 2 is 2.11 bits per heavy atom. The fourth-order valence-corrected chi connectivity index (χ4v) is 4.61. The molecule has 1 amide bonds. The first kappa shape index (κ1) is 18.7. The molecule has 1 aliphatic carbocycles. The first-order valence-electron chi connectivity index (χ1n) is 9.91. The third-order valence-electron chi connectivity index (χ3n) is 6.08. The average Bonchev–Trinajstić information content (AvgIpc) is 3.04. The van der Waals surface area contributed by atoms with Crippen molar-refractivity contribution in [3.8, 4) is 5.75 Å². The maximum Gasteiger partial charge on any atom is 0.257 e. The lowest BCUT2D eigenvalue weighted by molar-refractivity contribution is 0.0630. The number of likely N-dealkylation sites (tertiary alicyclic amines) is 1. The summed E-state index contributed by atoms with van der Waals surface area (Å²) in [6, 6.07) is 5.78. The second kappa shape index (κ2) is 7.08. The van der Waals surface area contributed by atoms with Gasteiger partial charge in [-0.3, -0.25) is 4.79 Å². The Hall–Kier alpha value is -2.63. The summed E-state index contributed by atoms with van der Waals surface area (Å²) in [4.78, 5) is 26.7. The van der Waals surface area contributed by atoms with E-state index in [4.69, 9.17) is 9.72 Å². The molecule has 0 bridgehead atoms. The van der Waals surface area contributed by atoms with Crippen molar-refractivity contribution in [3.63, 3.8) is 0 Å². The molecule has 0 radical (unpaired) electrons. The summed E-state index contributed by atoms with van der Waals surface area (Å²) < 4.78 is 5.45. The van der Waals surface area contributed by atoms with Crippen molar-refractivity contribution in [1.82, 2.24) is 14.9 Å². The number of piperidine rings is 1. The molecule has 1 fully saturated rings. The van der Waals surface area contributed by atoms with E-state index in [2.05, 4.69) is 4.98 Å². The van der Waals surface area contributed by atoms with Crippen LogP contribution in [0.3, 0.4) is 0 Å². The zero-order valence-electron chi connectivity index (χ0n) is 17.2. The molecule has 0 saturated carbocycles. The molecule has 1 atom stereocenters. The van der Waals surface area contributed by atoms with Gasteiger partial charge in [0.1, 0.15) is 5.75 Å². The predicted octanol–water partition coefficient (Wildman–Crippen LogP) is 2.98. The lowest BCUT2D eigenvalue weighted by atomic mass is 9.77. The van der Waals surface area contributed by atoms with E-state index in [1.54, 1.807) is 7.11 Å². The van der Waals surface area contributed by atoms with Gasteiger partial charge in [0, 0.05) is 38.8 Å². The van der Waals surface area contributed by atoms with Gasteiger partial charge in [-0.05, 0) is 50.3 Å². The normalized spacial score (nSPS) is 20.9. The Kier molecular flexibility index (Phi) is 4.73. The van der Waals surface area contributed by atoms with Crippen molar-refractivity contribution in [2.24, 2.45) is 0 Å². The second-order valence-electron chi connectivity index (χ2n) is 8.25. The van der Waals surface area contributed by atoms with Crippen LogP contribution >= 0.6 is 0 Å². The molecule has 1 aromatic carbocycles. The van der Waals surface area contributed by atoms with Gasteiger partial charge in [0.25, 0.3) is 5.91 Å². The first-order chi connectivity index (χ1) is 13.4. The number of ether oxygens (including phenoxy) is 1. The highest BCUT2D eigenvalue weighted by atomic mass is 16.5. The molecule has 2 aromatic rings. The van der Waals surface area contributed by atoms with Gasteiger partial charge in [0.2, 0.25) is 5.95 Å². The number of amides is 1. The molecule has 1 spiro atoms. The number of anilines is 1. The van der Waals surface area contributed by atoms with Gasteiger partial charge in [0.15, 0.2) is 0 Å². The Balaban J connectivity index is 1.66. The van der Waals surface area contributed by atoms with Crippen molar-refractivity contribution < 1.29 is 9.53 Å². The van der Waals surface area contributed by atoms with Gasteiger partial charge < -0.3 is 14.5 Å².